The number of rotatable bonds is 10. The molecule has 3 atom stereocenters. The SMILES string of the molecule is C=C[C@]1(COC=O)CC[C@@H](C(=C)C)[C@H](c2ccc(CN(CC)CC)cc2)C1. The Morgan fingerprint density at radius 2 is 1.96 bits per heavy atom. The molecule has 1 fully saturated rings. The number of hydrogen-bond acceptors (Lipinski definition) is 3. The van der Waals surface area contributed by atoms with Gasteiger partial charge in [-0.05, 0) is 62.2 Å². The highest BCUT2D eigenvalue weighted by Gasteiger charge is 2.40. The summed E-state index contributed by atoms with van der Waals surface area (Å²) in [6.07, 6.45) is 4.97. The van der Waals surface area contributed by atoms with Crippen molar-refractivity contribution in [1.29, 1.82) is 0 Å². The molecule has 1 aliphatic carbocycles. The number of ether oxygens (including phenoxy) is 1. The van der Waals surface area contributed by atoms with Gasteiger partial charge in [-0.3, -0.25) is 9.69 Å². The lowest BCUT2D eigenvalue weighted by Crippen LogP contribution is -2.35. The van der Waals surface area contributed by atoms with E-state index >= 15 is 0 Å². The molecule has 0 spiro atoms. The maximum Gasteiger partial charge on any atom is 0.293 e. The highest BCUT2D eigenvalue weighted by atomic mass is 16.5. The van der Waals surface area contributed by atoms with Gasteiger partial charge < -0.3 is 4.74 Å². The van der Waals surface area contributed by atoms with Crippen molar-refractivity contribution in [3.63, 3.8) is 0 Å². The van der Waals surface area contributed by atoms with Gasteiger partial charge in [0.15, 0.2) is 0 Å². The van der Waals surface area contributed by atoms with E-state index in [-0.39, 0.29) is 5.41 Å². The van der Waals surface area contributed by atoms with Gasteiger partial charge in [0.25, 0.3) is 6.47 Å². The fourth-order valence-electron chi connectivity index (χ4n) is 4.42. The fraction of sp³-hybridized carbons (Fsp3) is 0.542. The normalized spacial score (nSPS) is 25.2. The van der Waals surface area contributed by atoms with Crippen LogP contribution in [0.4, 0.5) is 0 Å². The number of carbonyl (C=O) groups is 1. The average molecular weight is 370 g/mol. The Morgan fingerprint density at radius 1 is 1.30 bits per heavy atom. The number of nitrogens with zero attached hydrogens (tertiary/aromatic N) is 1. The summed E-state index contributed by atoms with van der Waals surface area (Å²) in [4.78, 5) is 13.2. The molecule has 0 amide bonds. The van der Waals surface area contributed by atoms with Crippen LogP contribution in [0, 0.1) is 11.3 Å². The maximum atomic E-state index is 10.7. The van der Waals surface area contributed by atoms with Gasteiger partial charge in [0.2, 0.25) is 0 Å². The Bertz CT molecular complexity index is 632. The molecule has 1 aromatic rings. The second-order valence-corrected chi connectivity index (χ2v) is 7.98. The van der Waals surface area contributed by atoms with Gasteiger partial charge in [0, 0.05) is 12.0 Å². The lowest BCUT2D eigenvalue weighted by molar-refractivity contribution is -0.132. The molecule has 27 heavy (non-hydrogen) atoms. The molecule has 0 aliphatic heterocycles. The molecule has 0 unspecified atom stereocenters. The zero-order valence-corrected chi connectivity index (χ0v) is 17.2. The van der Waals surface area contributed by atoms with Crippen LogP contribution in [0.25, 0.3) is 0 Å². The summed E-state index contributed by atoms with van der Waals surface area (Å²) < 4.78 is 5.15. The Hall–Kier alpha value is -1.87. The summed E-state index contributed by atoms with van der Waals surface area (Å²) in [7, 11) is 0. The minimum Gasteiger partial charge on any atom is -0.467 e. The zero-order valence-electron chi connectivity index (χ0n) is 17.2. The van der Waals surface area contributed by atoms with E-state index in [0.29, 0.717) is 24.9 Å². The van der Waals surface area contributed by atoms with Gasteiger partial charge in [-0.1, -0.05) is 56.3 Å². The first-order valence-electron chi connectivity index (χ1n) is 10.1. The first-order valence-corrected chi connectivity index (χ1v) is 10.1. The first-order chi connectivity index (χ1) is 13.0. The van der Waals surface area contributed by atoms with Gasteiger partial charge in [-0.15, -0.1) is 6.58 Å². The predicted octanol–water partition coefficient (Wildman–Crippen LogP) is 5.33. The Balaban J connectivity index is 2.23. The van der Waals surface area contributed by atoms with E-state index in [0.717, 1.165) is 38.9 Å². The van der Waals surface area contributed by atoms with Crippen LogP contribution < -0.4 is 0 Å². The molecule has 0 heterocycles. The van der Waals surface area contributed by atoms with Crippen LogP contribution in [0.1, 0.15) is 57.1 Å². The number of carbonyl (C=O) groups excluding carboxylic acids is 1. The van der Waals surface area contributed by atoms with Gasteiger partial charge >= 0.3 is 0 Å². The minimum absolute atomic E-state index is 0.141. The monoisotopic (exact) mass is 369 g/mol. The van der Waals surface area contributed by atoms with Crippen LogP contribution in [0.2, 0.25) is 0 Å². The summed E-state index contributed by atoms with van der Waals surface area (Å²) in [6, 6.07) is 9.07. The second kappa shape index (κ2) is 9.89. The van der Waals surface area contributed by atoms with Crippen molar-refractivity contribution in [2.75, 3.05) is 19.7 Å². The van der Waals surface area contributed by atoms with E-state index < -0.39 is 0 Å². The molecule has 0 bridgehead atoms. The third-order valence-corrected chi connectivity index (χ3v) is 6.28. The van der Waals surface area contributed by atoms with Gasteiger partial charge in [-0.2, -0.15) is 0 Å². The summed E-state index contributed by atoms with van der Waals surface area (Å²) >= 11 is 0. The molecule has 1 aromatic carbocycles. The third-order valence-electron chi connectivity index (χ3n) is 6.28. The second-order valence-electron chi connectivity index (χ2n) is 7.98. The van der Waals surface area contributed by atoms with E-state index in [1.54, 1.807) is 0 Å². The van der Waals surface area contributed by atoms with Gasteiger partial charge in [0.1, 0.15) is 6.61 Å². The van der Waals surface area contributed by atoms with E-state index in [4.69, 9.17) is 4.74 Å². The van der Waals surface area contributed by atoms with Crippen LogP contribution in [0.5, 0.6) is 0 Å². The van der Waals surface area contributed by atoms with Crippen molar-refractivity contribution in [3.8, 4) is 0 Å². The predicted molar refractivity (Wildman–Crippen MR) is 113 cm³/mol. The fourth-order valence-corrected chi connectivity index (χ4v) is 4.42. The number of hydrogen-bond donors (Lipinski definition) is 0. The van der Waals surface area contributed by atoms with E-state index in [2.05, 4.69) is 63.1 Å². The smallest absolute Gasteiger partial charge is 0.293 e. The molecule has 0 radical (unpaired) electrons. The van der Waals surface area contributed by atoms with Gasteiger partial charge in [-0.25, -0.2) is 0 Å². The minimum atomic E-state index is -0.141. The Morgan fingerprint density at radius 3 is 2.48 bits per heavy atom. The highest BCUT2D eigenvalue weighted by molar-refractivity contribution is 5.37. The molecule has 2 rings (SSSR count). The lowest BCUT2D eigenvalue weighted by atomic mass is 9.62. The van der Waals surface area contributed by atoms with Crippen LogP contribution in [0.3, 0.4) is 0 Å². The molecule has 148 valence electrons. The van der Waals surface area contributed by atoms with Crippen molar-refractivity contribution in [2.24, 2.45) is 11.3 Å². The van der Waals surface area contributed by atoms with Gasteiger partial charge in [0.05, 0.1) is 0 Å². The summed E-state index contributed by atoms with van der Waals surface area (Å²) in [5.41, 5.74) is 3.80. The van der Waals surface area contributed by atoms with Crippen molar-refractivity contribution in [3.05, 3.63) is 60.2 Å². The molecule has 3 nitrogen and oxygen atoms in total. The quantitative estimate of drug-likeness (QED) is 0.412. The van der Waals surface area contributed by atoms with Crippen molar-refractivity contribution < 1.29 is 9.53 Å². The largest absolute Gasteiger partial charge is 0.467 e. The molecule has 1 saturated carbocycles. The highest BCUT2D eigenvalue weighted by Crippen LogP contribution is 2.50. The van der Waals surface area contributed by atoms with Crippen LogP contribution in [0.15, 0.2) is 49.1 Å². The molecule has 0 aromatic heterocycles. The zero-order chi connectivity index (χ0) is 19.9. The average Bonchev–Trinajstić information content (AvgIpc) is 2.70. The summed E-state index contributed by atoms with van der Waals surface area (Å²) in [5, 5.41) is 0. The summed E-state index contributed by atoms with van der Waals surface area (Å²) in [6.45, 7) is 18.9. The molecule has 0 N–H and O–H groups in total. The van der Waals surface area contributed by atoms with E-state index in [1.807, 2.05) is 6.08 Å². The molecular weight excluding hydrogens is 334 g/mol. The topological polar surface area (TPSA) is 29.5 Å². The van der Waals surface area contributed by atoms with Crippen LogP contribution in [-0.4, -0.2) is 31.1 Å². The lowest BCUT2D eigenvalue weighted by Gasteiger charge is -2.43. The summed E-state index contributed by atoms with van der Waals surface area (Å²) in [5.74, 6) is 0.843. The van der Waals surface area contributed by atoms with Crippen molar-refractivity contribution in [2.45, 2.75) is 52.5 Å². The standard InChI is InChI=1S/C24H35NO2/c1-6-24(17-27-18-26)14-13-22(19(4)5)23(15-24)21-11-9-20(10-12-21)16-25(7-2)8-3/h6,9-12,18,22-23H,1,4,7-8,13-17H2,2-3,5H3/t22-,23-,24-/m0/s1. The van der Waals surface area contributed by atoms with Crippen LogP contribution in [-0.2, 0) is 16.1 Å². The molecular formula is C24H35NO2. The molecule has 1 aliphatic rings. The molecule has 3 heteroatoms. The maximum absolute atomic E-state index is 10.7. The number of benzene rings is 1. The Kier molecular flexibility index (Phi) is 7.85. The molecule has 0 saturated heterocycles. The van der Waals surface area contributed by atoms with Crippen molar-refractivity contribution in [1.82, 2.24) is 4.90 Å². The van der Waals surface area contributed by atoms with E-state index in [1.165, 1.54) is 16.7 Å². The Labute approximate surface area is 165 Å². The third kappa shape index (κ3) is 5.32. The number of allylic oxidation sites excluding steroid dienone is 1. The van der Waals surface area contributed by atoms with Crippen molar-refractivity contribution >= 4 is 6.47 Å². The van der Waals surface area contributed by atoms with E-state index in [9.17, 15) is 4.79 Å². The van der Waals surface area contributed by atoms with Crippen LogP contribution >= 0.6 is 0 Å². The first kappa shape index (κ1) is 21.4.